The molecule has 5 heteroatoms. The summed E-state index contributed by atoms with van der Waals surface area (Å²) in [4.78, 5) is -0.574. The van der Waals surface area contributed by atoms with Crippen LogP contribution in [0.2, 0.25) is 5.02 Å². The van der Waals surface area contributed by atoms with Crippen molar-refractivity contribution in [1.82, 2.24) is 0 Å². The maximum Gasteiger partial charge on any atom is 0.142 e. The lowest BCUT2D eigenvalue weighted by molar-refractivity contribution is 0.588. The lowest BCUT2D eigenvalue weighted by atomic mass is 9.95. The molecule has 0 bridgehead atoms. The lowest BCUT2D eigenvalue weighted by Crippen LogP contribution is -2.03. The molecule has 0 aliphatic heterocycles. The molecular weight excluding hydrogens is 353 g/mol. The van der Waals surface area contributed by atoms with Gasteiger partial charge in [0.25, 0.3) is 0 Å². The zero-order valence-electron chi connectivity index (χ0n) is 10.8. The molecule has 1 atom stereocenters. The van der Waals surface area contributed by atoms with E-state index in [9.17, 15) is 13.2 Å². The second-order valence-electron chi connectivity index (χ2n) is 4.60. The van der Waals surface area contributed by atoms with E-state index in [-0.39, 0.29) is 16.4 Å². The second kappa shape index (κ2) is 5.78. The van der Waals surface area contributed by atoms with E-state index in [4.69, 9.17) is 11.6 Å². The quantitative estimate of drug-likeness (QED) is 0.463. The molecule has 0 radical (unpaired) electrons. The molecule has 0 saturated heterocycles. The van der Waals surface area contributed by atoms with Crippen LogP contribution in [0.15, 0.2) is 24.3 Å². The van der Waals surface area contributed by atoms with Crippen LogP contribution in [0, 0.1) is 31.3 Å². The number of rotatable bonds is 2. The Bertz CT molecular complexity index is 647. The van der Waals surface area contributed by atoms with Crippen LogP contribution in [0.3, 0.4) is 0 Å². The van der Waals surface area contributed by atoms with Gasteiger partial charge in [-0.3, -0.25) is 0 Å². The Morgan fingerprint density at radius 1 is 0.950 bits per heavy atom. The maximum atomic E-state index is 14.0. The minimum atomic E-state index is -0.690. The molecule has 0 aliphatic rings. The van der Waals surface area contributed by atoms with Gasteiger partial charge in [0, 0.05) is 5.56 Å². The molecule has 2 aromatic carbocycles. The molecule has 1 unspecified atom stereocenters. The lowest BCUT2D eigenvalue weighted by Gasteiger charge is -2.17. The summed E-state index contributed by atoms with van der Waals surface area (Å²) in [6, 6.07) is 4.72. The molecule has 0 amide bonds. The van der Waals surface area contributed by atoms with Gasteiger partial charge in [-0.15, -0.1) is 0 Å². The zero-order valence-corrected chi connectivity index (χ0v) is 13.1. The van der Waals surface area contributed by atoms with E-state index in [1.54, 1.807) is 13.8 Å². The Kier molecular flexibility index (Phi) is 4.45. The highest BCUT2D eigenvalue weighted by atomic mass is 79.9. The van der Waals surface area contributed by atoms with Crippen LogP contribution >= 0.6 is 27.5 Å². The number of aryl methyl sites for hydroxylation is 2. The SMILES string of the molecule is Cc1cc(F)cc(C)c1C(Br)c1cc(F)c(Cl)cc1F. The van der Waals surface area contributed by atoms with E-state index in [1.807, 2.05) is 0 Å². The molecule has 0 fully saturated rings. The van der Waals surface area contributed by atoms with Crippen molar-refractivity contribution in [2.75, 3.05) is 0 Å². The van der Waals surface area contributed by atoms with E-state index in [1.165, 1.54) is 12.1 Å². The first-order valence-corrected chi connectivity index (χ1v) is 7.15. The Labute approximate surface area is 128 Å². The second-order valence-corrected chi connectivity index (χ2v) is 5.93. The molecule has 0 heterocycles. The molecule has 0 spiro atoms. The average molecular weight is 364 g/mol. The van der Waals surface area contributed by atoms with Crippen LogP contribution in [0.5, 0.6) is 0 Å². The topological polar surface area (TPSA) is 0 Å². The fourth-order valence-corrected chi connectivity index (χ4v) is 3.43. The summed E-state index contributed by atoms with van der Waals surface area (Å²) in [5, 5.41) is -0.265. The van der Waals surface area contributed by atoms with Crippen molar-refractivity contribution >= 4 is 27.5 Å². The Balaban J connectivity index is 2.57. The average Bonchev–Trinajstić information content (AvgIpc) is 2.32. The molecule has 20 heavy (non-hydrogen) atoms. The van der Waals surface area contributed by atoms with E-state index in [0.29, 0.717) is 16.7 Å². The van der Waals surface area contributed by atoms with Crippen molar-refractivity contribution in [1.29, 1.82) is 0 Å². The van der Waals surface area contributed by atoms with Gasteiger partial charge < -0.3 is 0 Å². The molecule has 2 aromatic rings. The largest absolute Gasteiger partial charge is 0.207 e. The van der Waals surface area contributed by atoms with Crippen molar-refractivity contribution in [2.45, 2.75) is 18.7 Å². The predicted molar refractivity (Wildman–Crippen MR) is 78.0 cm³/mol. The number of hydrogen-bond acceptors (Lipinski definition) is 0. The Morgan fingerprint density at radius 3 is 2.05 bits per heavy atom. The molecular formula is C15H11BrClF3. The third-order valence-electron chi connectivity index (χ3n) is 3.12. The summed E-state index contributed by atoms with van der Waals surface area (Å²) in [6.07, 6.45) is 0. The van der Waals surface area contributed by atoms with E-state index in [2.05, 4.69) is 15.9 Å². The van der Waals surface area contributed by atoms with Crippen molar-refractivity contribution < 1.29 is 13.2 Å². The minimum Gasteiger partial charge on any atom is -0.207 e. The maximum absolute atomic E-state index is 14.0. The summed E-state index contributed by atoms with van der Waals surface area (Å²) < 4.78 is 40.8. The third kappa shape index (κ3) is 2.86. The van der Waals surface area contributed by atoms with E-state index >= 15 is 0 Å². The van der Waals surface area contributed by atoms with Gasteiger partial charge in [0.15, 0.2) is 0 Å². The van der Waals surface area contributed by atoms with Crippen molar-refractivity contribution in [3.63, 3.8) is 0 Å². The standard InChI is InChI=1S/C15H11BrClF3/c1-7-3-9(18)4-8(2)14(7)15(16)10-5-13(20)11(17)6-12(10)19/h3-6,15H,1-2H3. The van der Waals surface area contributed by atoms with Crippen LogP contribution in [-0.2, 0) is 0 Å². The van der Waals surface area contributed by atoms with Gasteiger partial charge in [-0.25, -0.2) is 13.2 Å². The van der Waals surface area contributed by atoms with Crippen LogP contribution < -0.4 is 0 Å². The highest BCUT2D eigenvalue weighted by Gasteiger charge is 2.21. The number of benzene rings is 2. The molecule has 106 valence electrons. The summed E-state index contributed by atoms with van der Waals surface area (Å²) in [6.45, 7) is 3.45. The molecule has 0 saturated carbocycles. The number of hydrogen-bond donors (Lipinski definition) is 0. The van der Waals surface area contributed by atoms with Gasteiger partial charge in [0.1, 0.15) is 17.5 Å². The summed E-state index contributed by atoms with van der Waals surface area (Å²) >= 11 is 8.90. The normalized spacial score (nSPS) is 12.6. The smallest absolute Gasteiger partial charge is 0.142 e. The van der Waals surface area contributed by atoms with Crippen molar-refractivity contribution in [3.8, 4) is 0 Å². The third-order valence-corrected chi connectivity index (χ3v) is 4.37. The summed E-state index contributed by atoms with van der Waals surface area (Å²) in [7, 11) is 0. The molecule has 0 aliphatic carbocycles. The zero-order chi connectivity index (χ0) is 15.0. The van der Waals surface area contributed by atoms with Gasteiger partial charge in [0.2, 0.25) is 0 Å². The van der Waals surface area contributed by atoms with Crippen molar-refractivity contribution in [3.05, 3.63) is 69.0 Å². The molecule has 0 nitrogen and oxygen atoms in total. The first-order chi connectivity index (χ1) is 9.31. The molecule has 2 rings (SSSR count). The van der Waals surface area contributed by atoms with Gasteiger partial charge in [-0.2, -0.15) is 0 Å². The summed E-state index contributed by atoms with van der Waals surface area (Å²) in [5.41, 5.74) is 2.18. The van der Waals surface area contributed by atoms with Crippen LogP contribution in [0.1, 0.15) is 27.1 Å². The van der Waals surface area contributed by atoms with Gasteiger partial charge >= 0.3 is 0 Å². The van der Waals surface area contributed by atoms with Crippen LogP contribution in [0.25, 0.3) is 0 Å². The van der Waals surface area contributed by atoms with E-state index in [0.717, 1.165) is 12.1 Å². The molecule has 0 aromatic heterocycles. The van der Waals surface area contributed by atoms with Crippen LogP contribution in [-0.4, -0.2) is 0 Å². The Morgan fingerprint density at radius 2 is 1.50 bits per heavy atom. The predicted octanol–water partition coefficient (Wildman–Crippen LogP) is 5.86. The molecule has 0 N–H and O–H groups in total. The first-order valence-electron chi connectivity index (χ1n) is 5.86. The van der Waals surface area contributed by atoms with Gasteiger partial charge in [0.05, 0.1) is 9.85 Å². The monoisotopic (exact) mass is 362 g/mol. The van der Waals surface area contributed by atoms with Crippen molar-refractivity contribution in [2.24, 2.45) is 0 Å². The fourth-order valence-electron chi connectivity index (χ4n) is 2.21. The number of alkyl halides is 1. The first kappa shape index (κ1) is 15.4. The van der Waals surface area contributed by atoms with Crippen LogP contribution in [0.4, 0.5) is 13.2 Å². The summed E-state index contributed by atoms with van der Waals surface area (Å²) in [5.74, 6) is -1.66. The Hall–Kier alpha value is -1.00. The van der Waals surface area contributed by atoms with E-state index < -0.39 is 16.5 Å². The number of halogens is 5. The highest BCUT2D eigenvalue weighted by molar-refractivity contribution is 9.09. The van der Waals surface area contributed by atoms with Gasteiger partial charge in [-0.1, -0.05) is 27.5 Å². The van der Waals surface area contributed by atoms with Gasteiger partial charge in [-0.05, 0) is 54.8 Å². The minimum absolute atomic E-state index is 0.129. The fraction of sp³-hybridized carbons (Fsp3) is 0.200. The highest BCUT2D eigenvalue weighted by Crippen LogP contribution is 2.37.